The number of aromatic nitrogens is 1. The van der Waals surface area contributed by atoms with Crippen LogP contribution in [0.15, 0.2) is 30.3 Å². The van der Waals surface area contributed by atoms with Crippen LogP contribution in [0.4, 0.5) is 5.69 Å². The maximum atomic E-state index is 10.9. The molecule has 2 rings (SSSR count). The summed E-state index contributed by atoms with van der Waals surface area (Å²) in [5.41, 5.74) is 0.780. The molecule has 0 saturated carbocycles. The Balaban J connectivity index is 2.65. The Labute approximate surface area is 120 Å². The fraction of sp³-hybridized carbons (Fsp3) is 0.154. The first-order chi connectivity index (χ1) is 9.56. The van der Waals surface area contributed by atoms with Crippen LogP contribution in [0.5, 0.6) is 11.5 Å². The van der Waals surface area contributed by atoms with Crippen molar-refractivity contribution in [2.75, 3.05) is 14.2 Å². The summed E-state index contributed by atoms with van der Waals surface area (Å²) >= 11 is 5.83. The highest BCUT2D eigenvalue weighted by molar-refractivity contribution is 6.29. The Kier molecular flexibility index (Phi) is 4.05. The van der Waals surface area contributed by atoms with Gasteiger partial charge in [-0.15, -0.1) is 0 Å². The minimum absolute atomic E-state index is 0.0408. The summed E-state index contributed by atoms with van der Waals surface area (Å²) in [5, 5.41) is 10.9. The summed E-state index contributed by atoms with van der Waals surface area (Å²) in [6, 6.07) is 7.72. The van der Waals surface area contributed by atoms with Crippen LogP contribution in [0, 0.1) is 10.1 Å². The number of ether oxygens (including phenoxy) is 2. The minimum Gasteiger partial charge on any atom is -0.493 e. The predicted octanol–water partition coefficient (Wildman–Crippen LogP) is 3.33. The van der Waals surface area contributed by atoms with E-state index in [-0.39, 0.29) is 10.8 Å². The summed E-state index contributed by atoms with van der Waals surface area (Å²) < 4.78 is 10.5. The van der Waals surface area contributed by atoms with E-state index in [9.17, 15) is 10.1 Å². The molecule has 0 atom stereocenters. The molecule has 0 aliphatic heterocycles. The second-order valence-corrected chi connectivity index (χ2v) is 4.22. The zero-order chi connectivity index (χ0) is 14.7. The van der Waals surface area contributed by atoms with E-state index in [4.69, 9.17) is 21.1 Å². The minimum atomic E-state index is -0.524. The number of nitro groups is 1. The first-order valence-corrected chi connectivity index (χ1v) is 5.98. The molecular formula is C13H11ClN2O4. The van der Waals surface area contributed by atoms with Gasteiger partial charge in [-0.25, -0.2) is 4.98 Å². The molecule has 0 N–H and O–H groups in total. The molecule has 0 aliphatic rings. The van der Waals surface area contributed by atoms with Crippen LogP contribution in [-0.2, 0) is 0 Å². The summed E-state index contributed by atoms with van der Waals surface area (Å²) in [6.07, 6.45) is 0. The number of pyridine rings is 1. The summed E-state index contributed by atoms with van der Waals surface area (Å²) in [7, 11) is 3.00. The number of hydrogen-bond donors (Lipinski definition) is 0. The number of benzene rings is 1. The van der Waals surface area contributed by atoms with Crippen molar-refractivity contribution in [3.05, 3.63) is 45.6 Å². The zero-order valence-corrected chi connectivity index (χ0v) is 11.5. The molecule has 0 radical (unpaired) electrons. The van der Waals surface area contributed by atoms with Crippen LogP contribution < -0.4 is 9.47 Å². The average molecular weight is 295 g/mol. The van der Waals surface area contributed by atoms with E-state index < -0.39 is 4.92 Å². The van der Waals surface area contributed by atoms with Crippen molar-refractivity contribution in [2.24, 2.45) is 0 Å². The summed E-state index contributed by atoms with van der Waals surface area (Å²) in [5.74, 6) is 0.952. The molecule has 0 fully saturated rings. The molecule has 1 aromatic carbocycles. The third-order valence-electron chi connectivity index (χ3n) is 2.67. The molecule has 0 saturated heterocycles. The fourth-order valence-electron chi connectivity index (χ4n) is 1.82. The lowest BCUT2D eigenvalue weighted by molar-refractivity contribution is -0.384. The molecule has 0 amide bonds. The summed E-state index contributed by atoms with van der Waals surface area (Å²) in [4.78, 5) is 14.4. The number of para-hydroxylation sites is 1. The molecule has 6 nitrogen and oxygen atoms in total. The van der Waals surface area contributed by atoms with Crippen molar-refractivity contribution in [2.45, 2.75) is 0 Å². The molecule has 1 heterocycles. The van der Waals surface area contributed by atoms with E-state index in [0.717, 1.165) is 0 Å². The molecule has 0 unspecified atom stereocenters. The molecule has 20 heavy (non-hydrogen) atoms. The average Bonchev–Trinajstić information content (AvgIpc) is 2.45. The second kappa shape index (κ2) is 5.75. The number of nitrogens with zero attached hydrogens (tertiary/aromatic N) is 2. The molecule has 2 aromatic rings. The largest absolute Gasteiger partial charge is 0.493 e. The van der Waals surface area contributed by atoms with Crippen LogP contribution >= 0.6 is 11.6 Å². The van der Waals surface area contributed by atoms with Crippen molar-refractivity contribution < 1.29 is 14.4 Å². The normalized spacial score (nSPS) is 10.2. The topological polar surface area (TPSA) is 74.5 Å². The predicted molar refractivity (Wildman–Crippen MR) is 74.4 cm³/mol. The number of rotatable bonds is 4. The zero-order valence-electron chi connectivity index (χ0n) is 10.8. The number of halogens is 1. The van der Waals surface area contributed by atoms with Gasteiger partial charge in [0, 0.05) is 11.6 Å². The van der Waals surface area contributed by atoms with Crippen molar-refractivity contribution in [3.8, 4) is 22.8 Å². The van der Waals surface area contributed by atoms with Crippen molar-refractivity contribution in [1.29, 1.82) is 0 Å². The SMILES string of the molecule is COc1cccc(-c2cc([N+](=O)[O-])cc(Cl)n2)c1OC. The number of hydrogen-bond acceptors (Lipinski definition) is 5. The van der Waals surface area contributed by atoms with Crippen molar-refractivity contribution in [1.82, 2.24) is 4.98 Å². The highest BCUT2D eigenvalue weighted by Gasteiger charge is 2.17. The van der Waals surface area contributed by atoms with E-state index in [0.29, 0.717) is 22.8 Å². The van der Waals surface area contributed by atoms with Crippen LogP contribution in [0.3, 0.4) is 0 Å². The quantitative estimate of drug-likeness (QED) is 0.491. The van der Waals surface area contributed by atoms with E-state index in [1.807, 2.05) is 0 Å². The van der Waals surface area contributed by atoms with E-state index in [1.165, 1.54) is 26.4 Å². The van der Waals surface area contributed by atoms with Gasteiger partial charge in [0.1, 0.15) is 5.15 Å². The van der Waals surface area contributed by atoms with E-state index in [2.05, 4.69) is 4.98 Å². The molecular weight excluding hydrogens is 284 g/mol. The monoisotopic (exact) mass is 294 g/mol. The van der Waals surface area contributed by atoms with E-state index in [1.54, 1.807) is 18.2 Å². The fourth-order valence-corrected chi connectivity index (χ4v) is 2.02. The third-order valence-corrected chi connectivity index (χ3v) is 2.86. The Morgan fingerprint density at radius 3 is 2.60 bits per heavy atom. The van der Waals surface area contributed by atoms with Gasteiger partial charge in [0.05, 0.1) is 30.9 Å². The Morgan fingerprint density at radius 2 is 2.00 bits per heavy atom. The van der Waals surface area contributed by atoms with Crippen LogP contribution in [-0.4, -0.2) is 24.1 Å². The molecule has 1 aromatic heterocycles. The Bertz CT molecular complexity index is 661. The van der Waals surface area contributed by atoms with Crippen LogP contribution in [0.25, 0.3) is 11.3 Å². The Morgan fingerprint density at radius 1 is 1.25 bits per heavy atom. The maximum Gasteiger partial charge on any atom is 0.274 e. The van der Waals surface area contributed by atoms with E-state index >= 15 is 0 Å². The number of methoxy groups -OCH3 is 2. The van der Waals surface area contributed by atoms with Gasteiger partial charge in [-0.1, -0.05) is 17.7 Å². The van der Waals surface area contributed by atoms with Gasteiger partial charge in [-0.05, 0) is 12.1 Å². The lowest BCUT2D eigenvalue weighted by atomic mass is 10.1. The lowest BCUT2D eigenvalue weighted by Crippen LogP contribution is -1.96. The first kappa shape index (κ1) is 14.1. The molecule has 0 spiro atoms. The Hall–Kier alpha value is -2.34. The molecule has 104 valence electrons. The molecule has 0 bridgehead atoms. The van der Waals surface area contributed by atoms with Gasteiger partial charge >= 0.3 is 0 Å². The van der Waals surface area contributed by atoms with Crippen LogP contribution in [0.2, 0.25) is 5.15 Å². The highest BCUT2D eigenvalue weighted by atomic mass is 35.5. The summed E-state index contributed by atoms with van der Waals surface area (Å²) in [6.45, 7) is 0. The molecule has 0 aliphatic carbocycles. The standard InChI is InChI=1S/C13H11ClN2O4/c1-19-11-5-3-4-9(13(11)20-2)10-6-8(16(17)18)7-12(14)15-10/h3-7H,1-2H3. The first-order valence-electron chi connectivity index (χ1n) is 5.60. The van der Waals surface area contributed by atoms with Gasteiger partial charge < -0.3 is 9.47 Å². The van der Waals surface area contributed by atoms with Gasteiger partial charge in [0.25, 0.3) is 5.69 Å². The van der Waals surface area contributed by atoms with Gasteiger partial charge in [0.2, 0.25) is 0 Å². The van der Waals surface area contributed by atoms with Gasteiger partial charge in [0.15, 0.2) is 11.5 Å². The lowest BCUT2D eigenvalue weighted by Gasteiger charge is -2.12. The van der Waals surface area contributed by atoms with Crippen LogP contribution in [0.1, 0.15) is 0 Å². The smallest absolute Gasteiger partial charge is 0.274 e. The van der Waals surface area contributed by atoms with Gasteiger partial charge in [-0.3, -0.25) is 10.1 Å². The maximum absolute atomic E-state index is 10.9. The highest BCUT2D eigenvalue weighted by Crippen LogP contribution is 2.38. The van der Waals surface area contributed by atoms with Crippen molar-refractivity contribution in [3.63, 3.8) is 0 Å². The van der Waals surface area contributed by atoms with Gasteiger partial charge in [-0.2, -0.15) is 0 Å². The third kappa shape index (κ3) is 2.65. The molecule has 7 heteroatoms. The van der Waals surface area contributed by atoms with Crippen molar-refractivity contribution >= 4 is 17.3 Å². The second-order valence-electron chi connectivity index (χ2n) is 3.83.